The van der Waals surface area contributed by atoms with E-state index in [-0.39, 0.29) is 0 Å². The van der Waals surface area contributed by atoms with Gasteiger partial charge >= 0.3 is 0 Å². The molecule has 15 heavy (non-hydrogen) atoms. The predicted molar refractivity (Wildman–Crippen MR) is 63.9 cm³/mol. The van der Waals surface area contributed by atoms with Crippen molar-refractivity contribution in [2.24, 2.45) is 11.7 Å². The fourth-order valence-corrected chi connectivity index (χ4v) is 2.73. The Morgan fingerprint density at radius 1 is 1.40 bits per heavy atom. The molecule has 1 saturated carbocycles. The first kappa shape index (κ1) is 12.9. The minimum absolute atomic E-state index is 0.595. The van der Waals surface area contributed by atoms with Crippen molar-refractivity contribution >= 4 is 0 Å². The molecule has 2 atom stereocenters. The van der Waals surface area contributed by atoms with Crippen molar-refractivity contribution in [2.45, 2.75) is 45.2 Å². The van der Waals surface area contributed by atoms with Crippen LogP contribution < -0.4 is 5.73 Å². The lowest BCUT2D eigenvalue weighted by atomic mass is 10.0. The SMILES string of the molecule is COCCN(C(C)C)C1CCCC1CN. The molecule has 3 heteroatoms. The number of nitrogens with zero attached hydrogens (tertiary/aromatic N) is 1. The second-order valence-corrected chi connectivity index (χ2v) is 4.82. The number of methoxy groups -OCH3 is 1. The maximum atomic E-state index is 5.83. The van der Waals surface area contributed by atoms with Gasteiger partial charge < -0.3 is 10.5 Å². The molecule has 0 aromatic carbocycles. The van der Waals surface area contributed by atoms with Gasteiger partial charge in [-0.1, -0.05) is 6.42 Å². The normalized spacial score (nSPS) is 26.8. The summed E-state index contributed by atoms with van der Waals surface area (Å²) in [5, 5.41) is 0. The third kappa shape index (κ3) is 3.44. The van der Waals surface area contributed by atoms with Crippen molar-refractivity contribution in [2.75, 3.05) is 26.8 Å². The molecule has 1 fully saturated rings. The van der Waals surface area contributed by atoms with E-state index in [2.05, 4.69) is 18.7 Å². The third-order valence-electron chi connectivity index (χ3n) is 3.56. The van der Waals surface area contributed by atoms with Gasteiger partial charge in [0.05, 0.1) is 6.61 Å². The van der Waals surface area contributed by atoms with Gasteiger partial charge in [0.15, 0.2) is 0 Å². The van der Waals surface area contributed by atoms with Crippen LogP contribution in [-0.2, 0) is 4.74 Å². The summed E-state index contributed by atoms with van der Waals surface area (Å²) in [6.45, 7) is 7.23. The molecule has 1 rings (SSSR count). The van der Waals surface area contributed by atoms with E-state index >= 15 is 0 Å². The van der Waals surface area contributed by atoms with E-state index in [1.54, 1.807) is 7.11 Å². The Bertz CT molecular complexity index is 173. The van der Waals surface area contributed by atoms with Crippen molar-refractivity contribution in [3.8, 4) is 0 Å². The van der Waals surface area contributed by atoms with Gasteiger partial charge in [-0.2, -0.15) is 0 Å². The lowest BCUT2D eigenvalue weighted by molar-refractivity contribution is 0.0804. The number of rotatable bonds is 6. The highest BCUT2D eigenvalue weighted by Gasteiger charge is 2.31. The van der Waals surface area contributed by atoms with E-state index in [0.717, 1.165) is 19.7 Å². The van der Waals surface area contributed by atoms with Crippen LogP contribution in [0.4, 0.5) is 0 Å². The summed E-state index contributed by atoms with van der Waals surface area (Å²) < 4.78 is 5.18. The van der Waals surface area contributed by atoms with Crippen molar-refractivity contribution in [1.29, 1.82) is 0 Å². The zero-order chi connectivity index (χ0) is 11.3. The third-order valence-corrected chi connectivity index (χ3v) is 3.56. The van der Waals surface area contributed by atoms with Crippen LogP contribution in [0.25, 0.3) is 0 Å². The largest absolute Gasteiger partial charge is 0.383 e. The molecule has 0 aliphatic heterocycles. The lowest BCUT2D eigenvalue weighted by Crippen LogP contribution is -2.45. The summed E-state index contributed by atoms with van der Waals surface area (Å²) in [5.74, 6) is 0.698. The van der Waals surface area contributed by atoms with Crippen molar-refractivity contribution in [3.63, 3.8) is 0 Å². The minimum atomic E-state index is 0.595. The Morgan fingerprint density at radius 3 is 2.67 bits per heavy atom. The predicted octanol–water partition coefficient (Wildman–Crippen LogP) is 1.47. The van der Waals surface area contributed by atoms with Crippen LogP contribution in [0.15, 0.2) is 0 Å². The quantitative estimate of drug-likeness (QED) is 0.727. The Hall–Kier alpha value is -0.120. The molecule has 0 heterocycles. The monoisotopic (exact) mass is 214 g/mol. The van der Waals surface area contributed by atoms with E-state index in [0.29, 0.717) is 18.0 Å². The molecule has 0 aromatic heterocycles. The number of nitrogens with two attached hydrogens (primary N) is 1. The van der Waals surface area contributed by atoms with E-state index in [4.69, 9.17) is 10.5 Å². The maximum absolute atomic E-state index is 5.83. The molecule has 1 aliphatic rings. The molecular weight excluding hydrogens is 188 g/mol. The first-order chi connectivity index (χ1) is 7.20. The fraction of sp³-hybridized carbons (Fsp3) is 1.00. The van der Waals surface area contributed by atoms with E-state index in [9.17, 15) is 0 Å². The zero-order valence-corrected chi connectivity index (χ0v) is 10.4. The molecule has 0 aromatic rings. The topological polar surface area (TPSA) is 38.5 Å². The summed E-state index contributed by atoms with van der Waals surface area (Å²) in [6.07, 6.45) is 3.95. The highest BCUT2D eigenvalue weighted by atomic mass is 16.5. The summed E-state index contributed by atoms with van der Waals surface area (Å²) in [7, 11) is 1.77. The molecule has 90 valence electrons. The van der Waals surface area contributed by atoms with E-state index in [1.807, 2.05) is 0 Å². The number of ether oxygens (including phenoxy) is 1. The van der Waals surface area contributed by atoms with Crippen molar-refractivity contribution < 1.29 is 4.74 Å². The van der Waals surface area contributed by atoms with Gasteiger partial charge in [0.1, 0.15) is 0 Å². The van der Waals surface area contributed by atoms with Gasteiger partial charge in [0.2, 0.25) is 0 Å². The van der Waals surface area contributed by atoms with Gasteiger partial charge in [-0.05, 0) is 39.2 Å². The first-order valence-electron chi connectivity index (χ1n) is 6.15. The second kappa shape index (κ2) is 6.46. The van der Waals surface area contributed by atoms with Gasteiger partial charge in [-0.15, -0.1) is 0 Å². The molecule has 0 spiro atoms. The second-order valence-electron chi connectivity index (χ2n) is 4.82. The molecule has 0 saturated heterocycles. The average molecular weight is 214 g/mol. The fourth-order valence-electron chi connectivity index (χ4n) is 2.73. The molecule has 0 amide bonds. The van der Waals surface area contributed by atoms with Crippen molar-refractivity contribution in [1.82, 2.24) is 4.90 Å². The van der Waals surface area contributed by atoms with Gasteiger partial charge in [0.25, 0.3) is 0 Å². The van der Waals surface area contributed by atoms with E-state index in [1.165, 1.54) is 19.3 Å². The minimum Gasteiger partial charge on any atom is -0.383 e. The molecule has 3 nitrogen and oxygen atoms in total. The van der Waals surface area contributed by atoms with Crippen LogP contribution in [0.3, 0.4) is 0 Å². The van der Waals surface area contributed by atoms with Crippen LogP contribution in [0.2, 0.25) is 0 Å². The van der Waals surface area contributed by atoms with Crippen LogP contribution in [0, 0.1) is 5.92 Å². The Balaban J connectivity index is 2.53. The van der Waals surface area contributed by atoms with Crippen LogP contribution in [0.1, 0.15) is 33.1 Å². The number of hydrogen-bond donors (Lipinski definition) is 1. The average Bonchev–Trinajstić information content (AvgIpc) is 2.66. The first-order valence-corrected chi connectivity index (χ1v) is 6.15. The summed E-state index contributed by atoms with van der Waals surface area (Å²) >= 11 is 0. The van der Waals surface area contributed by atoms with Gasteiger partial charge in [0, 0.05) is 25.7 Å². The standard InChI is InChI=1S/C12H26N2O/c1-10(2)14(7-8-15-3)12-6-4-5-11(12)9-13/h10-12H,4-9,13H2,1-3H3. The summed E-state index contributed by atoms with van der Waals surface area (Å²) in [4.78, 5) is 2.56. The van der Waals surface area contributed by atoms with Crippen LogP contribution in [-0.4, -0.2) is 43.8 Å². The van der Waals surface area contributed by atoms with E-state index < -0.39 is 0 Å². The Kier molecular flexibility index (Phi) is 5.58. The van der Waals surface area contributed by atoms with Gasteiger partial charge in [-0.25, -0.2) is 0 Å². The van der Waals surface area contributed by atoms with Crippen LogP contribution >= 0.6 is 0 Å². The van der Waals surface area contributed by atoms with Gasteiger partial charge in [-0.3, -0.25) is 4.90 Å². The smallest absolute Gasteiger partial charge is 0.0589 e. The number of hydrogen-bond acceptors (Lipinski definition) is 3. The molecular formula is C12H26N2O. The Morgan fingerprint density at radius 2 is 2.13 bits per heavy atom. The lowest BCUT2D eigenvalue weighted by Gasteiger charge is -2.35. The maximum Gasteiger partial charge on any atom is 0.0589 e. The summed E-state index contributed by atoms with van der Waals surface area (Å²) in [5.41, 5.74) is 5.83. The zero-order valence-electron chi connectivity index (χ0n) is 10.4. The molecule has 0 bridgehead atoms. The summed E-state index contributed by atoms with van der Waals surface area (Å²) in [6, 6.07) is 1.28. The molecule has 0 radical (unpaired) electrons. The van der Waals surface area contributed by atoms with Crippen molar-refractivity contribution in [3.05, 3.63) is 0 Å². The van der Waals surface area contributed by atoms with Crippen LogP contribution in [0.5, 0.6) is 0 Å². The highest BCUT2D eigenvalue weighted by molar-refractivity contribution is 4.87. The molecule has 2 N–H and O–H groups in total. The highest BCUT2D eigenvalue weighted by Crippen LogP contribution is 2.30. The molecule has 2 unspecified atom stereocenters. The Labute approximate surface area is 94.0 Å². The molecule has 1 aliphatic carbocycles.